The fourth-order valence-electron chi connectivity index (χ4n) is 1.77. The molecule has 1 aliphatic rings. The summed E-state index contributed by atoms with van der Waals surface area (Å²) in [7, 11) is 0. The molecule has 1 saturated carbocycles. The Morgan fingerprint density at radius 3 is 2.43 bits per heavy atom. The zero-order valence-corrected chi connectivity index (χ0v) is 9.08. The lowest BCUT2D eigenvalue weighted by molar-refractivity contribution is 0.598. The maximum absolute atomic E-state index is 13.7. The van der Waals surface area contributed by atoms with Gasteiger partial charge in [0.15, 0.2) is 0 Å². The summed E-state index contributed by atoms with van der Waals surface area (Å²) in [5.74, 6) is -0.218. The second-order valence-corrected chi connectivity index (χ2v) is 4.53. The first-order valence-corrected chi connectivity index (χ1v) is 5.08. The quantitative estimate of drug-likeness (QED) is 0.763. The second-order valence-electron chi connectivity index (χ2n) is 4.13. The van der Waals surface area contributed by atoms with Crippen LogP contribution < -0.4 is 5.73 Å². The summed E-state index contributed by atoms with van der Waals surface area (Å²) >= 11 is 5.93. The summed E-state index contributed by atoms with van der Waals surface area (Å²) in [6, 6.07) is 1.81. The van der Waals surface area contributed by atoms with Crippen molar-refractivity contribution in [3.63, 3.8) is 0 Å². The molecule has 0 radical (unpaired) electrons. The van der Waals surface area contributed by atoms with Gasteiger partial charge < -0.3 is 5.73 Å². The molecule has 3 heteroatoms. The molecule has 1 aliphatic carbocycles. The van der Waals surface area contributed by atoms with E-state index in [1.807, 2.05) is 6.07 Å². The van der Waals surface area contributed by atoms with Crippen molar-refractivity contribution < 1.29 is 4.39 Å². The van der Waals surface area contributed by atoms with E-state index < -0.39 is 0 Å². The van der Waals surface area contributed by atoms with E-state index in [1.54, 1.807) is 13.8 Å². The minimum Gasteiger partial charge on any atom is -0.321 e. The van der Waals surface area contributed by atoms with E-state index in [2.05, 4.69) is 0 Å². The molecule has 1 fully saturated rings. The van der Waals surface area contributed by atoms with Gasteiger partial charge in [-0.3, -0.25) is 0 Å². The summed E-state index contributed by atoms with van der Waals surface area (Å²) in [6.45, 7) is 3.45. The van der Waals surface area contributed by atoms with Crippen molar-refractivity contribution in [1.82, 2.24) is 0 Å². The van der Waals surface area contributed by atoms with Gasteiger partial charge in [0.2, 0.25) is 0 Å². The molecule has 76 valence electrons. The molecule has 2 rings (SSSR count). The van der Waals surface area contributed by atoms with E-state index in [0.717, 1.165) is 18.4 Å². The maximum atomic E-state index is 13.7. The Kier molecular flexibility index (Phi) is 2.09. The fourth-order valence-corrected chi connectivity index (χ4v) is 1.96. The van der Waals surface area contributed by atoms with Crippen molar-refractivity contribution >= 4 is 11.6 Å². The van der Waals surface area contributed by atoms with E-state index in [9.17, 15) is 4.39 Å². The molecule has 14 heavy (non-hydrogen) atoms. The lowest BCUT2D eigenvalue weighted by Gasteiger charge is -2.15. The summed E-state index contributed by atoms with van der Waals surface area (Å²) in [4.78, 5) is 0. The van der Waals surface area contributed by atoms with Gasteiger partial charge in [0.25, 0.3) is 0 Å². The van der Waals surface area contributed by atoms with Crippen LogP contribution in [0.2, 0.25) is 5.02 Å². The Hall–Kier alpha value is -0.600. The van der Waals surface area contributed by atoms with Crippen LogP contribution >= 0.6 is 11.6 Å². The van der Waals surface area contributed by atoms with Crippen molar-refractivity contribution in [2.24, 2.45) is 5.73 Å². The second kappa shape index (κ2) is 2.94. The van der Waals surface area contributed by atoms with Crippen molar-refractivity contribution in [3.8, 4) is 0 Å². The monoisotopic (exact) mass is 213 g/mol. The molecule has 0 heterocycles. The first kappa shape index (κ1) is 9.94. The van der Waals surface area contributed by atoms with E-state index in [1.165, 1.54) is 0 Å². The molecule has 0 amide bonds. The predicted molar refractivity (Wildman–Crippen MR) is 56.0 cm³/mol. The molecular weight excluding hydrogens is 201 g/mol. The maximum Gasteiger partial charge on any atom is 0.130 e. The third-order valence-electron chi connectivity index (χ3n) is 3.02. The molecule has 0 unspecified atom stereocenters. The van der Waals surface area contributed by atoms with Crippen molar-refractivity contribution in [2.45, 2.75) is 32.2 Å². The minimum absolute atomic E-state index is 0.218. The van der Waals surface area contributed by atoms with Crippen molar-refractivity contribution in [2.75, 3.05) is 0 Å². The van der Waals surface area contributed by atoms with Crippen LogP contribution in [-0.4, -0.2) is 0 Å². The summed E-state index contributed by atoms with van der Waals surface area (Å²) in [5.41, 5.74) is 7.74. The molecular formula is C11H13ClFN. The van der Waals surface area contributed by atoms with Crippen LogP contribution in [0.5, 0.6) is 0 Å². The Labute approximate surface area is 88.1 Å². The van der Waals surface area contributed by atoms with Crippen LogP contribution in [0.15, 0.2) is 6.07 Å². The Morgan fingerprint density at radius 1 is 1.36 bits per heavy atom. The predicted octanol–water partition coefficient (Wildman–Crippen LogP) is 3.04. The van der Waals surface area contributed by atoms with E-state index in [4.69, 9.17) is 17.3 Å². The lowest BCUT2D eigenvalue weighted by atomic mass is 9.97. The van der Waals surface area contributed by atoms with E-state index in [0.29, 0.717) is 16.1 Å². The highest BCUT2D eigenvalue weighted by molar-refractivity contribution is 6.31. The molecule has 0 saturated heterocycles. The summed E-state index contributed by atoms with van der Waals surface area (Å²) in [5, 5.41) is 0.472. The number of halogens is 2. The highest BCUT2D eigenvalue weighted by Gasteiger charge is 2.41. The Morgan fingerprint density at radius 2 is 1.93 bits per heavy atom. The molecule has 0 atom stereocenters. The van der Waals surface area contributed by atoms with Gasteiger partial charge in [0.1, 0.15) is 5.82 Å². The largest absolute Gasteiger partial charge is 0.321 e. The first-order valence-electron chi connectivity index (χ1n) is 4.70. The highest BCUT2D eigenvalue weighted by atomic mass is 35.5. The fraction of sp³-hybridized carbons (Fsp3) is 0.455. The molecule has 2 N–H and O–H groups in total. The number of hydrogen-bond acceptors (Lipinski definition) is 1. The first-order chi connectivity index (χ1) is 6.46. The highest BCUT2D eigenvalue weighted by Crippen LogP contribution is 2.45. The Balaban J connectivity index is 2.62. The normalized spacial score (nSPS) is 18.4. The van der Waals surface area contributed by atoms with Gasteiger partial charge in [0.05, 0.1) is 0 Å². The summed E-state index contributed by atoms with van der Waals surface area (Å²) in [6.07, 6.45) is 1.85. The van der Waals surface area contributed by atoms with Gasteiger partial charge in [-0.15, -0.1) is 0 Å². The van der Waals surface area contributed by atoms with E-state index in [-0.39, 0.29) is 11.4 Å². The van der Waals surface area contributed by atoms with Crippen LogP contribution in [-0.2, 0) is 5.54 Å². The molecule has 1 aromatic rings. The van der Waals surface area contributed by atoms with Crippen molar-refractivity contribution in [3.05, 3.63) is 33.6 Å². The zero-order chi connectivity index (χ0) is 10.5. The average Bonchev–Trinajstić information content (AvgIpc) is 2.87. The third-order valence-corrected chi connectivity index (χ3v) is 3.41. The van der Waals surface area contributed by atoms with Gasteiger partial charge in [-0.25, -0.2) is 4.39 Å². The standard InChI is InChI=1S/C11H13ClFN/c1-6-8(11(14)3-4-11)5-9(12)7(2)10(6)13/h5H,3-4,14H2,1-2H3. The van der Waals surface area contributed by atoms with Gasteiger partial charge in [0, 0.05) is 16.1 Å². The van der Waals surface area contributed by atoms with Crippen LogP contribution in [0.1, 0.15) is 29.5 Å². The zero-order valence-electron chi connectivity index (χ0n) is 8.32. The minimum atomic E-state index is -0.317. The third kappa shape index (κ3) is 1.33. The van der Waals surface area contributed by atoms with Gasteiger partial charge in [-0.05, 0) is 43.9 Å². The van der Waals surface area contributed by atoms with Crippen LogP contribution in [0.3, 0.4) is 0 Å². The number of rotatable bonds is 1. The van der Waals surface area contributed by atoms with Crippen LogP contribution in [0, 0.1) is 19.7 Å². The van der Waals surface area contributed by atoms with Gasteiger partial charge in [-0.1, -0.05) is 11.6 Å². The molecule has 1 aromatic carbocycles. The molecule has 0 bridgehead atoms. The number of benzene rings is 1. The van der Waals surface area contributed by atoms with Crippen LogP contribution in [0.25, 0.3) is 0 Å². The molecule has 0 aromatic heterocycles. The van der Waals surface area contributed by atoms with Crippen molar-refractivity contribution in [1.29, 1.82) is 0 Å². The Bertz CT molecular complexity index is 397. The van der Waals surface area contributed by atoms with E-state index >= 15 is 0 Å². The number of hydrogen-bond donors (Lipinski definition) is 1. The smallest absolute Gasteiger partial charge is 0.130 e. The topological polar surface area (TPSA) is 26.0 Å². The lowest BCUT2D eigenvalue weighted by Crippen LogP contribution is -2.21. The molecule has 0 aliphatic heterocycles. The van der Waals surface area contributed by atoms with Crippen LogP contribution in [0.4, 0.5) is 4.39 Å². The summed E-state index contributed by atoms with van der Waals surface area (Å²) < 4.78 is 13.7. The molecule has 1 nitrogen and oxygen atoms in total. The average molecular weight is 214 g/mol. The van der Waals surface area contributed by atoms with Gasteiger partial charge >= 0.3 is 0 Å². The van der Waals surface area contributed by atoms with Gasteiger partial charge in [-0.2, -0.15) is 0 Å². The molecule has 0 spiro atoms. The SMILES string of the molecule is Cc1c(Cl)cc(C2(N)CC2)c(C)c1F. The number of nitrogens with two attached hydrogens (primary N) is 1.